The van der Waals surface area contributed by atoms with Crippen LogP contribution in [0.3, 0.4) is 0 Å². The zero-order chi connectivity index (χ0) is 23.6. The van der Waals surface area contributed by atoms with Crippen molar-refractivity contribution in [1.82, 2.24) is 16.0 Å². The first kappa shape index (κ1) is 27.3. The molecule has 0 saturated heterocycles. The standard InChI is InChI=1S/C19H34N4O7/c1-6-10(4)14(20)18(28)21-11(5)16(26)22-12(7-8-13(24)25)17(27)23-15(9(2)3)19(29)30/h9-12,14-15H,6-8,20H2,1-5H3,(H,21,28)(H,22,26)(H,23,27)(H,24,25)(H,29,30). The minimum absolute atomic E-state index is 0.0988. The molecule has 0 aromatic rings. The maximum absolute atomic E-state index is 12.5. The Balaban J connectivity index is 5.19. The Kier molecular flexibility index (Phi) is 11.6. The Morgan fingerprint density at radius 3 is 1.87 bits per heavy atom. The van der Waals surface area contributed by atoms with Gasteiger partial charge in [0.25, 0.3) is 0 Å². The van der Waals surface area contributed by atoms with Gasteiger partial charge in [0.05, 0.1) is 6.04 Å². The lowest BCUT2D eigenvalue weighted by Crippen LogP contribution is -2.57. The lowest BCUT2D eigenvalue weighted by Gasteiger charge is -2.25. The van der Waals surface area contributed by atoms with Gasteiger partial charge in [-0.1, -0.05) is 34.1 Å². The minimum Gasteiger partial charge on any atom is -0.481 e. The van der Waals surface area contributed by atoms with E-state index in [1.165, 1.54) is 6.92 Å². The summed E-state index contributed by atoms with van der Waals surface area (Å²) in [6.07, 6.45) is 0.00892. The smallest absolute Gasteiger partial charge is 0.326 e. The van der Waals surface area contributed by atoms with Gasteiger partial charge in [-0.25, -0.2) is 4.79 Å². The van der Waals surface area contributed by atoms with Crippen molar-refractivity contribution in [2.45, 2.75) is 78.0 Å². The van der Waals surface area contributed by atoms with Gasteiger partial charge in [-0.3, -0.25) is 19.2 Å². The molecule has 0 fully saturated rings. The average Bonchev–Trinajstić information content (AvgIpc) is 2.66. The summed E-state index contributed by atoms with van der Waals surface area (Å²) in [5.74, 6) is -5.02. The fourth-order valence-electron chi connectivity index (χ4n) is 2.49. The van der Waals surface area contributed by atoms with Crippen molar-refractivity contribution < 1.29 is 34.2 Å². The van der Waals surface area contributed by atoms with Crippen LogP contribution < -0.4 is 21.7 Å². The Morgan fingerprint density at radius 1 is 0.867 bits per heavy atom. The fourth-order valence-corrected chi connectivity index (χ4v) is 2.49. The molecule has 30 heavy (non-hydrogen) atoms. The molecule has 0 aromatic heterocycles. The van der Waals surface area contributed by atoms with Crippen molar-refractivity contribution in [3.8, 4) is 0 Å². The van der Waals surface area contributed by atoms with Gasteiger partial charge in [0.15, 0.2) is 0 Å². The molecule has 7 N–H and O–H groups in total. The van der Waals surface area contributed by atoms with Crippen LogP contribution in [-0.4, -0.2) is 64.0 Å². The second kappa shape index (κ2) is 12.8. The van der Waals surface area contributed by atoms with Crippen molar-refractivity contribution in [2.75, 3.05) is 0 Å². The Morgan fingerprint density at radius 2 is 1.43 bits per heavy atom. The third-order valence-electron chi connectivity index (χ3n) is 4.82. The number of nitrogens with two attached hydrogens (primary N) is 1. The summed E-state index contributed by atoms with van der Waals surface area (Å²) in [7, 11) is 0. The molecule has 0 aliphatic heterocycles. The minimum atomic E-state index is -1.28. The third-order valence-corrected chi connectivity index (χ3v) is 4.82. The predicted octanol–water partition coefficient (Wildman–Crippen LogP) is -0.560. The maximum atomic E-state index is 12.5. The summed E-state index contributed by atoms with van der Waals surface area (Å²) in [6, 6.07) is -4.32. The number of carboxylic acids is 2. The van der Waals surface area contributed by atoms with Gasteiger partial charge < -0.3 is 31.9 Å². The van der Waals surface area contributed by atoms with Gasteiger partial charge in [-0.05, 0) is 25.2 Å². The van der Waals surface area contributed by atoms with Gasteiger partial charge >= 0.3 is 11.9 Å². The average molecular weight is 431 g/mol. The molecule has 0 bridgehead atoms. The van der Waals surface area contributed by atoms with Crippen LogP contribution in [0, 0.1) is 11.8 Å². The fraction of sp³-hybridized carbons (Fsp3) is 0.737. The number of carboxylic acid groups (broad SMARTS) is 2. The molecular weight excluding hydrogens is 396 g/mol. The lowest BCUT2D eigenvalue weighted by molar-refractivity contribution is -0.144. The molecule has 0 aromatic carbocycles. The molecule has 0 radical (unpaired) electrons. The second-order valence-electron chi connectivity index (χ2n) is 7.70. The third kappa shape index (κ3) is 9.21. The normalized spacial score (nSPS) is 16.0. The van der Waals surface area contributed by atoms with Crippen molar-refractivity contribution in [3.05, 3.63) is 0 Å². The quantitative estimate of drug-likeness (QED) is 0.224. The van der Waals surface area contributed by atoms with Gasteiger partial charge in [0.1, 0.15) is 18.1 Å². The molecule has 11 heteroatoms. The zero-order valence-corrected chi connectivity index (χ0v) is 18.1. The highest BCUT2D eigenvalue weighted by Gasteiger charge is 2.30. The van der Waals surface area contributed by atoms with Gasteiger partial charge in [-0.15, -0.1) is 0 Å². The Labute approximate surface area is 176 Å². The van der Waals surface area contributed by atoms with Crippen LogP contribution in [0.1, 0.15) is 53.9 Å². The molecule has 5 atom stereocenters. The largest absolute Gasteiger partial charge is 0.481 e. The molecule has 0 heterocycles. The Hall–Kier alpha value is -2.69. The first-order chi connectivity index (χ1) is 13.8. The molecule has 3 amide bonds. The van der Waals surface area contributed by atoms with E-state index < -0.39 is 66.2 Å². The number of amides is 3. The molecule has 5 unspecified atom stereocenters. The van der Waals surface area contributed by atoms with E-state index >= 15 is 0 Å². The molecule has 0 aliphatic carbocycles. The SMILES string of the molecule is CCC(C)C(N)C(=O)NC(C)C(=O)NC(CCC(=O)O)C(=O)NC(C(=O)O)C(C)C. The van der Waals surface area contributed by atoms with Crippen molar-refractivity contribution in [3.63, 3.8) is 0 Å². The zero-order valence-electron chi connectivity index (χ0n) is 18.1. The summed E-state index contributed by atoms with van der Waals surface area (Å²) in [5, 5.41) is 25.3. The number of aliphatic carboxylic acids is 2. The monoisotopic (exact) mass is 430 g/mol. The maximum Gasteiger partial charge on any atom is 0.326 e. The van der Waals surface area contributed by atoms with Gasteiger partial charge in [0.2, 0.25) is 17.7 Å². The van der Waals surface area contributed by atoms with Crippen molar-refractivity contribution in [2.24, 2.45) is 17.6 Å². The topological polar surface area (TPSA) is 188 Å². The molecule has 0 saturated carbocycles. The first-order valence-corrected chi connectivity index (χ1v) is 9.93. The van der Waals surface area contributed by atoms with Crippen LogP contribution in [0.15, 0.2) is 0 Å². The van der Waals surface area contributed by atoms with Crippen LogP contribution in [0.5, 0.6) is 0 Å². The summed E-state index contributed by atoms with van der Waals surface area (Å²) in [5.41, 5.74) is 5.83. The van der Waals surface area contributed by atoms with E-state index in [0.29, 0.717) is 6.42 Å². The van der Waals surface area contributed by atoms with Gasteiger partial charge in [0, 0.05) is 6.42 Å². The summed E-state index contributed by atoms with van der Waals surface area (Å²) >= 11 is 0. The highest BCUT2D eigenvalue weighted by Crippen LogP contribution is 2.07. The molecule has 11 nitrogen and oxygen atoms in total. The summed E-state index contributed by atoms with van der Waals surface area (Å²) < 4.78 is 0. The number of hydrogen-bond acceptors (Lipinski definition) is 6. The molecule has 172 valence electrons. The number of nitrogens with one attached hydrogen (secondary N) is 3. The first-order valence-electron chi connectivity index (χ1n) is 9.93. The van der Waals surface area contributed by atoms with E-state index in [4.69, 9.17) is 10.8 Å². The van der Waals surface area contributed by atoms with Crippen molar-refractivity contribution in [1.29, 1.82) is 0 Å². The molecular formula is C19H34N4O7. The van der Waals surface area contributed by atoms with Crippen molar-refractivity contribution >= 4 is 29.7 Å². The highest BCUT2D eigenvalue weighted by molar-refractivity contribution is 5.94. The van der Waals surface area contributed by atoms with Crippen LogP contribution in [-0.2, 0) is 24.0 Å². The predicted molar refractivity (Wildman–Crippen MR) is 108 cm³/mol. The highest BCUT2D eigenvalue weighted by atomic mass is 16.4. The number of carbonyl (C=O) groups excluding carboxylic acids is 3. The van der Waals surface area contributed by atoms with E-state index in [9.17, 15) is 29.1 Å². The molecule has 0 rings (SSSR count). The van der Waals surface area contributed by atoms with E-state index in [2.05, 4.69) is 16.0 Å². The number of rotatable bonds is 13. The number of hydrogen-bond donors (Lipinski definition) is 6. The molecule has 0 spiro atoms. The van der Waals surface area contributed by atoms with Gasteiger partial charge in [-0.2, -0.15) is 0 Å². The Bertz CT molecular complexity index is 638. The number of carbonyl (C=O) groups is 5. The van der Waals surface area contributed by atoms with E-state index in [1.54, 1.807) is 20.8 Å². The second-order valence-corrected chi connectivity index (χ2v) is 7.70. The summed E-state index contributed by atoms with van der Waals surface area (Å²) in [6.45, 7) is 8.27. The molecule has 0 aliphatic rings. The van der Waals surface area contributed by atoms with Crippen LogP contribution in [0.4, 0.5) is 0 Å². The lowest BCUT2D eigenvalue weighted by atomic mass is 9.99. The van der Waals surface area contributed by atoms with Crippen LogP contribution in [0.25, 0.3) is 0 Å². The van der Waals surface area contributed by atoms with E-state index in [0.717, 1.165) is 0 Å². The van der Waals surface area contributed by atoms with E-state index in [1.807, 2.05) is 6.92 Å². The van der Waals surface area contributed by atoms with Crippen LogP contribution >= 0.6 is 0 Å². The summed E-state index contributed by atoms with van der Waals surface area (Å²) in [4.78, 5) is 59.3. The van der Waals surface area contributed by atoms with E-state index in [-0.39, 0.29) is 12.3 Å². The van der Waals surface area contributed by atoms with Crippen LogP contribution in [0.2, 0.25) is 0 Å².